The molecule has 3 aromatic rings. The number of hydrogen-bond acceptors (Lipinski definition) is 5. The maximum absolute atomic E-state index is 14.4. The van der Waals surface area contributed by atoms with Crippen molar-refractivity contribution in [2.45, 2.75) is 12.8 Å². The van der Waals surface area contributed by atoms with Crippen LogP contribution in [0.2, 0.25) is 0 Å². The number of amides is 1. The van der Waals surface area contributed by atoms with Gasteiger partial charge in [-0.15, -0.1) is 0 Å². The predicted molar refractivity (Wildman–Crippen MR) is 105 cm³/mol. The molecule has 8 heteroatoms. The average Bonchev–Trinajstić information content (AvgIpc) is 2.69. The molecule has 1 fully saturated rings. The molecule has 4 rings (SSSR count). The number of benzene rings is 1. The van der Waals surface area contributed by atoms with Crippen LogP contribution in [0.25, 0.3) is 10.9 Å². The van der Waals surface area contributed by atoms with E-state index < -0.39 is 0 Å². The highest BCUT2D eigenvalue weighted by Gasteiger charge is 2.28. The van der Waals surface area contributed by atoms with Gasteiger partial charge in [0, 0.05) is 23.8 Å². The number of rotatable bonds is 3. The van der Waals surface area contributed by atoms with Crippen molar-refractivity contribution in [2.75, 3.05) is 23.3 Å². The van der Waals surface area contributed by atoms with Crippen molar-refractivity contribution in [1.82, 2.24) is 15.0 Å². The summed E-state index contributed by atoms with van der Waals surface area (Å²) < 4.78 is 15.2. The minimum Gasteiger partial charge on any atom is -0.355 e. The topological polar surface area (TPSA) is 71.0 Å². The minimum absolute atomic E-state index is 0.0895. The van der Waals surface area contributed by atoms with Crippen molar-refractivity contribution in [1.29, 1.82) is 0 Å². The number of carbonyl (C=O) groups excluding carboxylic acids is 1. The molecule has 0 radical (unpaired) electrons. The van der Waals surface area contributed by atoms with Crippen LogP contribution < -0.4 is 10.2 Å². The lowest BCUT2D eigenvalue weighted by molar-refractivity contribution is -0.120. The zero-order chi connectivity index (χ0) is 18.8. The van der Waals surface area contributed by atoms with E-state index in [0.717, 1.165) is 23.9 Å². The molecule has 27 heavy (non-hydrogen) atoms. The van der Waals surface area contributed by atoms with E-state index in [0.29, 0.717) is 29.1 Å². The Morgan fingerprint density at radius 3 is 2.93 bits per heavy atom. The monoisotopic (exact) mass is 429 g/mol. The smallest absolute Gasteiger partial charge is 0.230 e. The molecule has 1 aliphatic heterocycles. The molecule has 1 amide bonds. The zero-order valence-corrected chi connectivity index (χ0v) is 16.0. The molecule has 1 unspecified atom stereocenters. The third kappa shape index (κ3) is 3.75. The standard InChI is InChI=1S/C19H17BrFN5O/c20-13-6-7-16(22-9-13)25-19(27)12-3-2-8-26(10-12)18-17-14(21)4-1-5-15(17)23-11-24-18/h1,4-7,9,11-12H,2-3,8,10H2,(H,22,25,27). The van der Waals surface area contributed by atoms with Gasteiger partial charge < -0.3 is 10.2 Å². The summed E-state index contributed by atoms with van der Waals surface area (Å²) in [4.78, 5) is 27.3. The van der Waals surface area contributed by atoms with E-state index in [1.807, 2.05) is 11.0 Å². The summed E-state index contributed by atoms with van der Waals surface area (Å²) in [6, 6.07) is 8.37. The summed E-state index contributed by atoms with van der Waals surface area (Å²) in [5, 5.41) is 3.25. The van der Waals surface area contributed by atoms with Crippen molar-refractivity contribution in [3.63, 3.8) is 0 Å². The van der Waals surface area contributed by atoms with Crippen molar-refractivity contribution >= 4 is 44.4 Å². The number of hydrogen-bond donors (Lipinski definition) is 1. The Balaban J connectivity index is 1.55. The van der Waals surface area contributed by atoms with Crippen molar-refractivity contribution in [3.8, 4) is 0 Å². The van der Waals surface area contributed by atoms with E-state index in [2.05, 4.69) is 36.2 Å². The van der Waals surface area contributed by atoms with Crippen molar-refractivity contribution < 1.29 is 9.18 Å². The maximum Gasteiger partial charge on any atom is 0.230 e. The Hall–Kier alpha value is -2.61. The second-order valence-electron chi connectivity index (χ2n) is 6.47. The Morgan fingerprint density at radius 1 is 1.22 bits per heavy atom. The van der Waals surface area contributed by atoms with E-state index in [4.69, 9.17) is 0 Å². The summed E-state index contributed by atoms with van der Waals surface area (Å²) in [6.07, 6.45) is 4.67. The molecular weight excluding hydrogens is 413 g/mol. The summed E-state index contributed by atoms with van der Waals surface area (Å²) in [5.74, 6) is 0.388. The Morgan fingerprint density at radius 2 is 2.11 bits per heavy atom. The molecule has 0 spiro atoms. The van der Waals surface area contributed by atoms with E-state index >= 15 is 0 Å². The molecule has 1 atom stereocenters. The van der Waals surface area contributed by atoms with Gasteiger partial charge in [-0.1, -0.05) is 6.07 Å². The molecule has 3 heterocycles. The molecule has 1 aromatic carbocycles. The number of piperidine rings is 1. The lowest BCUT2D eigenvalue weighted by Gasteiger charge is -2.33. The van der Waals surface area contributed by atoms with Crippen LogP contribution in [0, 0.1) is 11.7 Å². The van der Waals surface area contributed by atoms with Gasteiger partial charge in [0.25, 0.3) is 0 Å². The molecule has 138 valence electrons. The minimum atomic E-state index is -0.353. The fraction of sp³-hybridized carbons (Fsp3) is 0.263. The van der Waals surface area contributed by atoms with Crippen LogP contribution in [0.4, 0.5) is 16.0 Å². The van der Waals surface area contributed by atoms with Gasteiger partial charge in [-0.25, -0.2) is 19.3 Å². The highest BCUT2D eigenvalue weighted by molar-refractivity contribution is 9.10. The number of nitrogens with zero attached hydrogens (tertiary/aromatic N) is 4. The Labute approximate surface area is 164 Å². The van der Waals surface area contributed by atoms with Crippen molar-refractivity contribution in [3.05, 3.63) is 53.1 Å². The second-order valence-corrected chi connectivity index (χ2v) is 7.38. The normalized spacial score (nSPS) is 17.1. The number of fused-ring (bicyclic) bond motifs is 1. The van der Waals surface area contributed by atoms with Gasteiger partial charge in [-0.3, -0.25) is 4.79 Å². The molecule has 2 aromatic heterocycles. The first-order valence-corrected chi connectivity index (χ1v) is 9.48. The van der Waals surface area contributed by atoms with E-state index in [1.165, 1.54) is 12.4 Å². The molecule has 1 aliphatic rings. The number of anilines is 2. The maximum atomic E-state index is 14.4. The van der Waals surface area contributed by atoms with Gasteiger partial charge in [0.1, 0.15) is 23.8 Å². The van der Waals surface area contributed by atoms with Crippen LogP contribution in [0.1, 0.15) is 12.8 Å². The number of pyridine rings is 1. The summed E-state index contributed by atoms with van der Waals surface area (Å²) in [7, 11) is 0. The van der Waals surface area contributed by atoms with E-state index in [9.17, 15) is 9.18 Å². The highest BCUT2D eigenvalue weighted by Crippen LogP contribution is 2.29. The second kappa shape index (κ2) is 7.56. The average molecular weight is 430 g/mol. The molecule has 1 N–H and O–H groups in total. The predicted octanol–water partition coefficient (Wildman–Crippen LogP) is 3.78. The van der Waals surface area contributed by atoms with Gasteiger partial charge in [0.05, 0.1) is 16.8 Å². The van der Waals surface area contributed by atoms with Gasteiger partial charge in [-0.05, 0) is 53.0 Å². The lowest BCUT2D eigenvalue weighted by Crippen LogP contribution is -2.41. The summed E-state index contributed by atoms with van der Waals surface area (Å²) in [5.41, 5.74) is 0.561. The van der Waals surface area contributed by atoms with Gasteiger partial charge in [0.2, 0.25) is 5.91 Å². The zero-order valence-electron chi connectivity index (χ0n) is 14.4. The fourth-order valence-corrected chi connectivity index (χ4v) is 3.59. The quantitative estimate of drug-likeness (QED) is 0.685. The molecular formula is C19H17BrFN5O. The molecule has 0 saturated carbocycles. The molecule has 0 bridgehead atoms. The Bertz CT molecular complexity index is 976. The SMILES string of the molecule is O=C(Nc1ccc(Br)cn1)C1CCCN(c2ncnc3cccc(F)c23)C1. The van der Waals surface area contributed by atoms with E-state index in [-0.39, 0.29) is 17.6 Å². The molecule has 1 saturated heterocycles. The van der Waals surface area contributed by atoms with Crippen LogP contribution in [0.15, 0.2) is 47.3 Å². The van der Waals surface area contributed by atoms with Gasteiger partial charge in [-0.2, -0.15) is 0 Å². The first kappa shape index (κ1) is 17.8. The first-order valence-electron chi connectivity index (χ1n) is 8.68. The van der Waals surface area contributed by atoms with Crippen LogP contribution in [-0.4, -0.2) is 33.9 Å². The van der Waals surface area contributed by atoms with Gasteiger partial charge >= 0.3 is 0 Å². The largest absolute Gasteiger partial charge is 0.355 e. The third-order valence-corrected chi connectivity index (χ3v) is 5.13. The van der Waals surface area contributed by atoms with Crippen LogP contribution in [0.5, 0.6) is 0 Å². The molecule has 6 nitrogen and oxygen atoms in total. The third-order valence-electron chi connectivity index (χ3n) is 4.66. The van der Waals surface area contributed by atoms with Crippen LogP contribution in [-0.2, 0) is 4.79 Å². The van der Waals surface area contributed by atoms with Gasteiger partial charge in [0.15, 0.2) is 0 Å². The fourth-order valence-electron chi connectivity index (χ4n) is 3.35. The number of aromatic nitrogens is 3. The number of halogens is 2. The molecule has 0 aliphatic carbocycles. The summed E-state index contributed by atoms with van der Waals surface area (Å²) >= 11 is 3.32. The number of carbonyl (C=O) groups is 1. The van der Waals surface area contributed by atoms with Crippen molar-refractivity contribution in [2.24, 2.45) is 5.92 Å². The summed E-state index contributed by atoms with van der Waals surface area (Å²) in [6.45, 7) is 1.20. The first-order chi connectivity index (χ1) is 13.1. The lowest BCUT2D eigenvalue weighted by atomic mass is 9.96. The van der Waals surface area contributed by atoms with Crippen LogP contribution >= 0.6 is 15.9 Å². The Kier molecular flexibility index (Phi) is 4.98. The highest BCUT2D eigenvalue weighted by atomic mass is 79.9. The van der Waals surface area contributed by atoms with E-state index in [1.54, 1.807) is 24.4 Å². The van der Waals surface area contributed by atoms with Crippen LogP contribution in [0.3, 0.4) is 0 Å². The number of nitrogens with one attached hydrogen (secondary N) is 1.